The topological polar surface area (TPSA) is 95.1 Å². The van der Waals surface area contributed by atoms with Crippen molar-refractivity contribution in [2.45, 2.75) is 25.9 Å². The molecule has 130 valence electrons. The summed E-state index contributed by atoms with van der Waals surface area (Å²) in [6.45, 7) is 3.56. The van der Waals surface area contributed by atoms with Gasteiger partial charge in [0.15, 0.2) is 0 Å². The van der Waals surface area contributed by atoms with Crippen molar-refractivity contribution in [2.24, 2.45) is 0 Å². The van der Waals surface area contributed by atoms with Crippen LogP contribution in [0.2, 0.25) is 0 Å². The first-order valence-electron chi connectivity index (χ1n) is 7.86. The van der Waals surface area contributed by atoms with E-state index in [9.17, 15) is 4.79 Å². The number of hydrogen-bond acceptors (Lipinski definition) is 6. The van der Waals surface area contributed by atoms with Crippen LogP contribution in [0, 0.1) is 0 Å². The van der Waals surface area contributed by atoms with Gasteiger partial charge in [0.2, 0.25) is 17.6 Å². The molecule has 0 saturated heterocycles. The SMILES string of the molecule is COc1cccc(-c2noc([C@@H](C)NC(=O)[C@H](C)n3cccn3)n2)c1. The Kier molecular flexibility index (Phi) is 4.78. The Labute approximate surface area is 144 Å². The zero-order valence-corrected chi connectivity index (χ0v) is 14.2. The third-order valence-corrected chi connectivity index (χ3v) is 3.80. The Morgan fingerprint density at radius 3 is 2.88 bits per heavy atom. The molecule has 3 aromatic rings. The molecule has 0 aliphatic rings. The number of nitrogens with one attached hydrogen (secondary N) is 1. The van der Waals surface area contributed by atoms with Gasteiger partial charge in [0.25, 0.3) is 0 Å². The summed E-state index contributed by atoms with van der Waals surface area (Å²) in [6, 6.07) is 8.28. The Morgan fingerprint density at radius 2 is 2.16 bits per heavy atom. The van der Waals surface area contributed by atoms with Crippen molar-refractivity contribution in [3.05, 3.63) is 48.6 Å². The Balaban J connectivity index is 1.70. The largest absolute Gasteiger partial charge is 0.497 e. The summed E-state index contributed by atoms with van der Waals surface area (Å²) < 4.78 is 12.1. The molecule has 0 radical (unpaired) electrons. The van der Waals surface area contributed by atoms with Gasteiger partial charge in [0.1, 0.15) is 17.8 Å². The molecular formula is C17H19N5O3. The maximum Gasteiger partial charge on any atom is 0.249 e. The third kappa shape index (κ3) is 3.68. The normalized spacial score (nSPS) is 13.2. The Bertz CT molecular complexity index is 844. The Morgan fingerprint density at radius 1 is 1.32 bits per heavy atom. The van der Waals surface area contributed by atoms with Crippen molar-refractivity contribution in [2.75, 3.05) is 7.11 Å². The highest BCUT2D eigenvalue weighted by molar-refractivity contribution is 5.80. The summed E-state index contributed by atoms with van der Waals surface area (Å²) in [5.41, 5.74) is 0.776. The molecule has 0 unspecified atom stereocenters. The first-order valence-corrected chi connectivity index (χ1v) is 7.86. The van der Waals surface area contributed by atoms with E-state index in [1.807, 2.05) is 24.3 Å². The van der Waals surface area contributed by atoms with E-state index in [0.29, 0.717) is 17.5 Å². The van der Waals surface area contributed by atoms with Crippen LogP contribution in [0.15, 0.2) is 47.2 Å². The minimum absolute atomic E-state index is 0.183. The molecule has 2 aromatic heterocycles. The highest BCUT2D eigenvalue weighted by atomic mass is 16.5. The average molecular weight is 341 g/mol. The second-order valence-electron chi connectivity index (χ2n) is 5.58. The molecular weight excluding hydrogens is 322 g/mol. The fourth-order valence-corrected chi connectivity index (χ4v) is 2.32. The molecule has 25 heavy (non-hydrogen) atoms. The van der Waals surface area contributed by atoms with Gasteiger partial charge >= 0.3 is 0 Å². The van der Waals surface area contributed by atoms with Crippen molar-refractivity contribution >= 4 is 5.91 Å². The number of nitrogens with zero attached hydrogens (tertiary/aromatic N) is 4. The number of benzene rings is 1. The molecule has 8 heteroatoms. The van der Waals surface area contributed by atoms with Gasteiger partial charge in [0, 0.05) is 18.0 Å². The van der Waals surface area contributed by atoms with Gasteiger partial charge in [-0.2, -0.15) is 10.1 Å². The Hall–Kier alpha value is -3.16. The van der Waals surface area contributed by atoms with Crippen molar-refractivity contribution in [3.8, 4) is 17.1 Å². The number of hydrogen-bond donors (Lipinski definition) is 1. The fourth-order valence-electron chi connectivity index (χ4n) is 2.32. The van der Waals surface area contributed by atoms with Crippen molar-refractivity contribution in [1.82, 2.24) is 25.2 Å². The van der Waals surface area contributed by atoms with Crippen molar-refractivity contribution in [1.29, 1.82) is 0 Å². The van der Waals surface area contributed by atoms with E-state index in [1.54, 1.807) is 44.1 Å². The zero-order chi connectivity index (χ0) is 17.8. The van der Waals surface area contributed by atoms with E-state index >= 15 is 0 Å². The monoisotopic (exact) mass is 341 g/mol. The van der Waals surface area contributed by atoms with Crippen molar-refractivity contribution in [3.63, 3.8) is 0 Å². The first kappa shape index (κ1) is 16.7. The van der Waals surface area contributed by atoms with Gasteiger partial charge in [-0.25, -0.2) is 0 Å². The van der Waals surface area contributed by atoms with Crippen LogP contribution in [0.25, 0.3) is 11.4 Å². The lowest BCUT2D eigenvalue weighted by atomic mass is 10.2. The zero-order valence-electron chi connectivity index (χ0n) is 14.2. The van der Waals surface area contributed by atoms with Crippen LogP contribution in [-0.4, -0.2) is 32.9 Å². The van der Waals surface area contributed by atoms with Crippen LogP contribution >= 0.6 is 0 Å². The maximum atomic E-state index is 12.3. The lowest BCUT2D eigenvalue weighted by Crippen LogP contribution is -2.33. The van der Waals surface area contributed by atoms with Crippen LogP contribution in [-0.2, 0) is 4.79 Å². The number of amides is 1. The van der Waals surface area contributed by atoms with Gasteiger partial charge < -0.3 is 14.6 Å². The van der Waals surface area contributed by atoms with Gasteiger partial charge in [0.05, 0.1) is 7.11 Å². The van der Waals surface area contributed by atoms with Crippen LogP contribution in [0.3, 0.4) is 0 Å². The minimum atomic E-state index is -0.432. The van der Waals surface area contributed by atoms with Gasteiger partial charge in [-0.15, -0.1) is 0 Å². The summed E-state index contributed by atoms with van der Waals surface area (Å²) in [7, 11) is 1.60. The smallest absolute Gasteiger partial charge is 0.249 e. The molecule has 0 aliphatic carbocycles. The summed E-state index contributed by atoms with van der Waals surface area (Å²) in [5.74, 6) is 1.30. The number of aromatic nitrogens is 4. The highest BCUT2D eigenvalue weighted by Crippen LogP contribution is 2.22. The molecule has 0 aliphatic heterocycles. The predicted molar refractivity (Wildman–Crippen MR) is 89.8 cm³/mol. The second-order valence-corrected chi connectivity index (χ2v) is 5.58. The molecule has 0 spiro atoms. The van der Waals surface area contributed by atoms with Crippen LogP contribution < -0.4 is 10.1 Å². The molecule has 1 amide bonds. The number of ether oxygens (including phenoxy) is 1. The maximum absolute atomic E-state index is 12.3. The van der Waals surface area contributed by atoms with E-state index < -0.39 is 12.1 Å². The average Bonchev–Trinajstić information content (AvgIpc) is 3.32. The number of methoxy groups -OCH3 is 1. The standard InChI is InChI=1S/C17H19N5O3/c1-11(19-16(23)12(2)22-9-5-8-18-22)17-20-15(21-25-17)13-6-4-7-14(10-13)24-3/h4-12H,1-3H3,(H,19,23)/t11-,12+/m1/s1. The molecule has 8 nitrogen and oxygen atoms in total. The molecule has 0 bridgehead atoms. The highest BCUT2D eigenvalue weighted by Gasteiger charge is 2.21. The summed E-state index contributed by atoms with van der Waals surface area (Å²) in [5, 5.41) is 10.9. The van der Waals surface area contributed by atoms with Gasteiger partial charge in [-0.3, -0.25) is 9.48 Å². The summed E-state index contributed by atoms with van der Waals surface area (Å²) in [6.07, 6.45) is 3.37. The molecule has 2 heterocycles. The second kappa shape index (κ2) is 7.16. The van der Waals surface area contributed by atoms with E-state index in [-0.39, 0.29) is 5.91 Å². The fraction of sp³-hybridized carbons (Fsp3) is 0.294. The number of carbonyl (C=O) groups is 1. The van der Waals surface area contributed by atoms with E-state index in [1.165, 1.54) is 0 Å². The lowest BCUT2D eigenvalue weighted by molar-refractivity contribution is -0.125. The van der Waals surface area contributed by atoms with E-state index in [2.05, 4.69) is 20.6 Å². The summed E-state index contributed by atoms with van der Waals surface area (Å²) >= 11 is 0. The molecule has 1 aromatic carbocycles. The number of rotatable bonds is 6. The molecule has 0 saturated carbocycles. The quantitative estimate of drug-likeness (QED) is 0.739. The first-order chi connectivity index (χ1) is 12.1. The van der Waals surface area contributed by atoms with Gasteiger partial charge in [-0.05, 0) is 32.0 Å². The third-order valence-electron chi connectivity index (χ3n) is 3.80. The number of carbonyl (C=O) groups excluding carboxylic acids is 1. The molecule has 3 rings (SSSR count). The van der Waals surface area contributed by atoms with Crippen LogP contribution in [0.1, 0.15) is 31.8 Å². The van der Waals surface area contributed by atoms with Crippen molar-refractivity contribution < 1.29 is 14.1 Å². The van der Waals surface area contributed by atoms with E-state index in [0.717, 1.165) is 5.56 Å². The molecule has 0 fully saturated rings. The summed E-state index contributed by atoms with van der Waals surface area (Å²) in [4.78, 5) is 16.7. The molecule has 2 atom stereocenters. The van der Waals surface area contributed by atoms with E-state index in [4.69, 9.17) is 9.26 Å². The minimum Gasteiger partial charge on any atom is -0.497 e. The molecule has 1 N–H and O–H groups in total. The predicted octanol–water partition coefficient (Wildman–Crippen LogP) is 2.38. The van der Waals surface area contributed by atoms with Gasteiger partial charge in [-0.1, -0.05) is 17.3 Å². The lowest BCUT2D eigenvalue weighted by Gasteiger charge is -2.15. The van der Waals surface area contributed by atoms with Crippen LogP contribution in [0.5, 0.6) is 5.75 Å². The van der Waals surface area contributed by atoms with Crippen LogP contribution in [0.4, 0.5) is 0 Å².